The second-order valence-electron chi connectivity index (χ2n) is 6.05. The van der Waals surface area contributed by atoms with Gasteiger partial charge in [0, 0.05) is 23.7 Å². The number of piperidine rings is 1. The third-order valence-corrected chi connectivity index (χ3v) is 4.85. The zero-order valence-electron chi connectivity index (χ0n) is 12.6. The summed E-state index contributed by atoms with van der Waals surface area (Å²) in [5, 5.41) is 14.2. The van der Waals surface area contributed by atoms with Crippen LogP contribution in [0.15, 0.2) is 24.3 Å². The van der Waals surface area contributed by atoms with Gasteiger partial charge >= 0.3 is 0 Å². The van der Waals surface area contributed by atoms with Crippen molar-refractivity contribution in [2.24, 2.45) is 0 Å². The molecule has 2 saturated heterocycles. The van der Waals surface area contributed by atoms with Gasteiger partial charge in [-0.15, -0.1) is 24.8 Å². The maximum absolute atomic E-state index is 10.0. The largest absolute Gasteiger partial charge is 0.392 e. The normalized spacial score (nSPS) is 26.3. The molecule has 0 aliphatic carbocycles. The van der Waals surface area contributed by atoms with E-state index in [1.807, 2.05) is 12.1 Å². The molecule has 3 rings (SSSR count). The van der Waals surface area contributed by atoms with E-state index in [0.29, 0.717) is 12.1 Å². The molecule has 3 nitrogen and oxygen atoms in total. The molecule has 2 aliphatic heterocycles. The smallest absolute Gasteiger partial charge is 0.0682 e. The van der Waals surface area contributed by atoms with Gasteiger partial charge in [-0.3, -0.25) is 4.90 Å². The lowest BCUT2D eigenvalue weighted by molar-refractivity contribution is 0.126. The fourth-order valence-electron chi connectivity index (χ4n) is 3.60. The van der Waals surface area contributed by atoms with Crippen LogP contribution >= 0.6 is 36.4 Å². The summed E-state index contributed by atoms with van der Waals surface area (Å²) < 4.78 is 0. The third kappa shape index (κ3) is 4.98. The number of nitrogens with one attached hydrogen (secondary N) is 1. The van der Waals surface area contributed by atoms with Gasteiger partial charge in [0.15, 0.2) is 0 Å². The van der Waals surface area contributed by atoms with Gasteiger partial charge in [-0.05, 0) is 56.5 Å². The Bertz CT molecular complexity index is 438. The number of likely N-dealkylation sites (tertiary alicyclic amines) is 1. The summed E-state index contributed by atoms with van der Waals surface area (Å²) >= 11 is 5.94. The highest BCUT2D eigenvalue weighted by Crippen LogP contribution is 2.27. The Labute approximate surface area is 150 Å². The predicted octanol–water partition coefficient (Wildman–Crippen LogP) is 2.91. The van der Waals surface area contributed by atoms with Crippen LogP contribution in [0.1, 0.15) is 24.8 Å². The molecule has 6 heteroatoms. The van der Waals surface area contributed by atoms with Crippen molar-refractivity contribution in [3.8, 4) is 0 Å². The highest BCUT2D eigenvalue weighted by Gasteiger charge is 2.35. The highest BCUT2D eigenvalue weighted by atomic mass is 35.5. The van der Waals surface area contributed by atoms with Crippen LogP contribution in [0.4, 0.5) is 0 Å². The standard InChI is InChI=1S/C16H23ClN2O.2ClH/c17-13-3-1-12(2-4-13)9-15-10-16(20)11-19(15)14-5-7-18-8-6-14;;/h1-4,14-16,18,20H,5-11H2;2*1H/t15-,16-;;/m0../s1. The molecule has 2 heterocycles. The van der Waals surface area contributed by atoms with E-state index in [2.05, 4.69) is 22.3 Å². The maximum atomic E-state index is 10.0. The Morgan fingerprint density at radius 2 is 1.77 bits per heavy atom. The molecule has 0 aromatic heterocycles. The summed E-state index contributed by atoms with van der Waals surface area (Å²) in [6.45, 7) is 3.04. The molecule has 2 fully saturated rings. The van der Waals surface area contributed by atoms with E-state index in [0.717, 1.165) is 37.5 Å². The van der Waals surface area contributed by atoms with E-state index < -0.39 is 0 Å². The minimum Gasteiger partial charge on any atom is -0.392 e. The van der Waals surface area contributed by atoms with E-state index >= 15 is 0 Å². The molecule has 0 radical (unpaired) electrons. The predicted molar refractivity (Wildman–Crippen MR) is 96.7 cm³/mol. The molecule has 0 spiro atoms. The second-order valence-corrected chi connectivity index (χ2v) is 6.49. The van der Waals surface area contributed by atoms with E-state index in [9.17, 15) is 5.11 Å². The number of nitrogens with zero attached hydrogens (tertiary/aromatic N) is 1. The summed E-state index contributed by atoms with van der Waals surface area (Å²) in [4.78, 5) is 2.54. The van der Waals surface area contributed by atoms with Crippen LogP contribution < -0.4 is 5.32 Å². The van der Waals surface area contributed by atoms with Crippen molar-refractivity contribution in [3.63, 3.8) is 0 Å². The molecule has 2 N–H and O–H groups in total. The molecule has 2 aliphatic rings. The molecule has 126 valence electrons. The summed E-state index contributed by atoms with van der Waals surface area (Å²) in [7, 11) is 0. The van der Waals surface area contributed by atoms with E-state index in [1.165, 1.54) is 18.4 Å². The number of hydrogen-bond acceptors (Lipinski definition) is 3. The zero-order chi connectivity index (χ0) is 13.9. The summed E-state index contributed by atoms with van der Waals surface area (Å²) in [6.07, 6.45) is 4.14. The molecule has 1 aromatic carbocycles. The number of rotatable bonds is 3. The fourth-order valence-corrected chi connectivity index (χ4v) is 3.72. The molecule has 0 bridgehead atoms. The van der Waals surface area contributed by atoms with Crippen LogP contribution in [0.25, 0.3) is 0 Å². The van der Waals surface area contributed by atoms with E-state index in [4.69, 9.17) is 11.6 Å². The first-order valence-corrected chi connectivity index (χ1v) is 7.99. The van der Waals surface area contributed by atoms with Crippen molar-refractivity contribution in [1.29, 1.82) is 0 Å². The number of β-amino-alcohol motifs (C(OH)–C–C–N with tert-alkyl or cyclic N) is 1. The Morgan fingerprint density at radius 1 is 1.14 bits per heavy atom. The average molecular weight is 368 g/mol. The molecular formula is C16H25Cl3N2O. The highest BCUT2D eigenvalue weighted by molar-refractivity contribution is 6.30. The number of aliphatic hydroxyl groups is 1. The number of hydrogen-bond donors (Lipinski definition) is 2. The van der Waals surface area contributed by atoms with Gasteiger partial charge in [0.2, 0.25) is 0 Å². The average Bonchev–Trinajstić information content (AvgIpc) is 2.83. The fraction of sp³-hybridized carbons (Fsp3) is 0.625. The SMILES string of the molecule is Cl.Cl.O[C@H]1C[C@H](Cc2ccc(Cl)cc2)N(C2CCNCC2)C1. The summed E-state index contributed by atoms with van der Waals surface area (Å²) in [5.41, 5.74) is 1.31. The molecule has 1 aromatic rings. The monoisotopic (exact) mass is 366 g/mol. The lowest BCUT2D eigenvalue weighted by Gasteiger charge is -2.35. The zero-order valence-corrected chi connectivity index (χ0v) is 15.0. The molecule has 22 heavy (non-hydrogen) atoms. The molecule has 0 unspecified atom stereocenters. The van der Waals surface area contributed by atoms with Crippen molar-refractivity contribution in [1.82, 2.24) is 10.2 Å². The van der Waals surface area contributed by atoms with Crippen molar-refractivity contribution in [2.45, 2.75) is 43.9 Å². The molecule has 2 atom stereocenters. The van der Waals surface area contributed by atoms with Gasteiger partial charge in [-0.25, -0.2) is 0 Å². The van der Waals surface area contributed by atoms with Crippen LogP contribution in [0.5, 0.6) is 0 Å². The van der Waals surface area contributed by atoms with Gasteiger partial charge in [0.05, 0.1) is 6.10 Å². The van der Waals surface area contributed by atoms with Gasteiger partial charge in [-0.2, -0.15) is 0 Å². The molecule has 0 saturated carbocycles. The van der Waals surface area contributed by atoms with Crippen molar-refractivity contribution < 1.29 is 5.11 Å². The summed E-state index contributed by atoms with van der Waals surface area (Å²) in [6, 6.07) is 9.22. The Kier molecular flexibility index (Phi) is 8.47. The number of aliphatic hydroxyl groups excluding tert-OH is 1. The number of benzene rings is 1. The van der Waals surface area contributed by atoms with Crippen LogP contribution in [0.2, 0.25) is 5.02 Å². The lowest BCUT2D eigenvalue weighted by Crippen LogP contribution is -2.46. The van der Waals surface area contributed by atoms with E-state index in [-0.39, 0.29) is 30.9 Å². The first-order chi connectivity index (χ1) is 9.72. The lowest BCUT2D eigenvalue weighted by atomic mass is 9.99. The van der Waals surface area contributed by atoms with Gasteiger partial charge in [-0.1, -0.05) is 23.7 Å². The van der Waals surface area contributed by atoms with Crippen molar-refractivity contribution >= 4 is 36.4 Å². The Hall–Kier alpha value is -0.0300. The van der Waals surface area contributed by atoms with Gasteiger partial charge in [0.1, 0.15) is 0 Å². The van der Waals surface area contributed by atoms with Crippen LogP contribution in [-0.4, -0.2) is 47.8 Å². The topological polar surface area (TPSA) is 35.5 Å². The number of halogens is 3. The van der Waals surface area contributed by atoms with Gasteiger partial charge < -0.3 is 10.4 Å². The second kappa shape index (κ2) is 9.31. The Balaban J connectivity index is 0.00000121. The summed E-state index contributed by atoms with van der Waals surface area (Å²) in [5.74, 6) is 0. The molecule has 0 amide bonds. The third-order valence-electron chi connectivity index (χ3n) is 4.60. The first-order valence-electron chi connectivity index (χ1n) is 7.61. The quantitative estimate of drug-likeness (QED) is 0.862. The Morgan fingerprint density at radius 3 is 2.41 bits per heavy atom. The van der Waals surface area contributed by atoms with Gasteiger partial charge in [0.25, 0.3) is 0 Å². The van der Waals surface area contributed by atoms with Crippen molar-refractivity contribution in [3.05, 3.63) is 34.9 Å². The molecular weight excluding hydrogens is 343 g/mol. The first kappa shape index (κ1) is 20.0. The van der Waals surface area contributed by atoms with Crippen LogP contribution in [0.3, 0.4) is 0 Å². The maximum Gasteiger partial charge on any atom is 0.0682 e. The van der Waals surface area contributed by atoms with Crippen LogP contribution in [-0.2, 0) is 6.42 Å². The minimum absolute atomic E-state index is 0. The van der Waals surface area contributed by atoms with E-state index in [1.54, 1.807) is 0 Å². The minimum atomic E-state index is -0.165. The van der Waals surface area contributed by atoms with Crippen LogP contribution in [0, 0.1) is 0 Å². The van der Waals surface area contributed by atoms with Crippen molar-refractivity contribution in [2.75, 3.05) is 19.6 Å².